The fraction of sp³-hybridized carbons (Fsp3) is 0.292. The monoisotopic (exact) mass is 450 g/mol. The van der Waals surface area contributed by atoms with Crippen molar-refractivity contribution in [3.05, 3.63) is 53.6 Å². The molecule has 2 heterocycles. The van der Waals surface area contributed by atoms with Gasteiger partial charge in [-0.25, -0.2) is 9.78 Å². The molecule has 1 unspecified atom stereocenters. The number of thiazole rings is 1. The lowest BCUT2D eigenvalue weighted by atomic mass is 10.0. The maximum Gasteiger partial charge on any atom is 0.339 e. The van der Waals surface area contributed by atoms with Crippen LogP contribution in [0.15, 0.2) is 46.8 Å². The highest BCUT2D eigenvalue weighted by molar-refractivity contribution is 8.01. The summed E-state index contributed by atoms with van der Waals surface area (Å²) in [5, 5.41) is 2.91. The molecule has 1 atom stereocenters. The van der Waals surface area contributed by atoms with Crippen molar-refractivity contribution in [2.45, 2.75) is 43.1 Å². The van der Waals surface area contributed by atoms with Gasteiger partial charge in [-0.1, -0.05) is 36.9 Å². The summed E-state index contributed by atoms with van der Waals surface area (Å²) in [6.07, 6.45) is 2.45. The summed E-state index contributed by atoms with van der Waals surface area (Å²) in [6, 6.07) is 12.9. The van der Waals surface area contributed by atoms with Gasteiger partial charge in [0.25, 0.3) is 0 Å². The van der Waals surface area contributed by atoms with Crippen molar-refractivity contribution in [3.8, 4) is 11.8 Å². The number of nitrogens with zero attached hydrogens (tertiary/aromatic N) is 1. The molecule has 1 aromatic heterocycles. The van der Waals surface area contributed by atoms with E-state index in [1.165, 1.54) is 0 Å². The van der Waals surface area contributed by atoms with Gasteiger partial charge in [0.05, 0.1) is 22.2 Å². The zero-order chi connectivity index (χ0) is 21.6. The van der Waals surface area contributed by atoms with Crippen molar-refractivity contribution in [3.63, 3.8) is 0 Å². The van der Waals surface area contributed by atoms with Crippen molar-refractivity contribution in [2.75, 3.05) is 11.1 Å². The van der Waals surface area contributed by atoms with Crippen LogP contribution in [-0.4, -0.2) is 22.6 Å². The minimum atomic E-state index is -0.542. The lowest BCUT2D eigenvalue weighted by Crippen LogP contribution is -2.15. The van der Waals surface area contributed by atoms with Gasteiger partial charge < -0.3 is 10.1 Å². The number of carbonyl (C=O) groups is 2. The molecule has 4 rings (SSSR count). The van der Waals surface area contributed by atoms with E-state index in [1.807, 2.05) is 30.3 Å². The van der Waals surface area contributed by atoms with Gasteiger partial charge in [0.1, 0.15) is 6.10 Å². The number of aromatic nitrogens is 1. The predicted octanol–water partition coefficient (Wildman–Crippen LogP) is 5.82. The van der Waals surface area contributed by atoms with E-state index >= 15 is 0 Å². The van der Waals surface area contributed by atoms with E-state index in [4.69, 9.17) is 4.74 Å². The first kappa shape index (κ1) is 21.4. The molecule has 1 aliphatic heterocycles. The number of ether oxygens (including phenoxy) is 1. The molecule has 1 N–H and O–H groups in total. The van der Waals surface area contributed by atoms with E-state index < -0.39 is 6.10 Å². The second kappa shape index (κ2) is 9.99. The number of fused-ring (bicyclic) bond motifs is 2. The molecule has 5 nitrogen and oxygen atoms in total. The summed E-state index contributed by atoms with van der Waals surface area (Å²) in [5.74, 6) is 6.69. The molecule has 31 heavy (non-hydrogen) atoms. The second-order valence-corrected chi connectivity index (χ2v) is 9.47. The van der Waals surface area contributed by atoms with Crippen molar-refractivity contribution in [1.82, 2.24) is 4.98 Å². The molecule has 3 aromatic rings. The number of nitrogens with one attached hydrogen (secondary N) is 1. The molecule has 0 saturated heterocycles. The molecule has 1 aliphatic rings. The zero-order valence-corrected chi connectivity index (χ0v) is 18.8. The van der Waals surface area contributed by atoms with Crippen LogP contribution in [-0.2, 0) is 9.53 Å². The first-order valence-electron chi connectivity index (χ1n) is 10.2. The van der Waals surface area contributed by atoms with Crippen LogP contribution in [0.25, 0.3) is 10.2 Å². The number of amides is 1. The Kier molecular flexibility index (Phi) is 6.90. The Morgan fingerprint density at radius 2 is 2.06 bits per heavy atom. The van der Waals surface area contributed by atoms with Crippen molar-refractivity contribution < 1.29 is 14.3 Å². The Morgan fingerprint density at radius 3 is 2.94 bits per heavy atom. The third-order valence-corrected chi connectivity index (χ3v) is 6.92. The summed E-state index contributed by atoms with van der Waals surface area (Å²) in [7, 11) is 0. The zero-order valence-electron chi connectivity index (χ0n) is 17.1. The number of benzene rings is 2. The van der Waals surface area contributed by atoms with Crippen molar-refractivity contribution in [1.29, 1.82) is 0 Å². The van der Waals surface area contributed by atoms with E-state index in [9.17, 15) is 9.59 Å². The number of esters is 1. The minimum Gasteiger partial charge on any atom is -0.453 e. The van der Waals surface area contributed by atoms with Crippen LogP contribution in [0.1, 0.15) is 54.6 Å². The maximum absolute atomic E-state index is 12.5. The van der Waals surface area contributed by atoms with Gasteiger partial charge in [-0.15, -0.1) is 23.2 Å². The number of carbonyl (C=O) groups excluding carboxylic acids is 2. The van der Waals surface area contributed by atoms with Crippen LogP contribution in [0, 0.1) is 11.8 Å². The summed E-state index contributed by atoms with van der Waals surface area (Å²) >= 11 is 3.32. The average Bonchev–Trinajstić information content (AvgIpc) is 3.31. The molecular weight excluding hydrogens is 428 g/mol. The number of rotatable bonds is 7. The highest BCUT2D eigenvalue weighted by Gasteiger charge is 2.32. The number of anilines is 1. The Hall–Kier alpha value is -2.82. The third-order valence-electron chi connectivity index (χ3n) is 4.75. The summed E-state index contributed by atoms with van der Waals surface area (Å²) in [6.45, 7) is 2.13. The van der Waals surface area contributed by atoms with Crippen LogP contribution >= 0.6 is 23.1 Å². The highest BCUT2D eigenvalue weighted by Crippen LogP contribution is 2.34. The fourth-order valence-electron chi connectivity index (χ4n) is 3.29. The first-order valence-corrected chi connectivity index (χ1v) is 12.0. The number of unbranched alkanes of at least 4 members (excludes halogenated alkanes) is 1. The normalized spacial score (nSPS) is 14.6. The van der Waals surface area contributed by atoms with Gasteiger partial charge in [0.15, 0.2) is 4.34 Å². The third kappa shape index (κ3) is 5.27. The van der Waals surface area contributed by atoms with Crippen LogP contribution < -0.4 is 5.32 Å². The van der Waals surface area contributed by atoms with Crippen molar-refractivity contribution in [2.24, 2.45) is 0 Å². The van der Waals surface area contributed by atoms with E-state index in [-0.39, 0.29) is 18.3 Å². The number of thioether (sulfide) groups is 1. The summed E-state index contributed by atoms with van der Waals surface area (Å²) in [5.41, 5.74) is 2.93. The smallest absolute Gasteiger partial charge is 0.339 e. The Balaban J connectivity index is 1.35. The molecule has 0 spiro atoms. The van der Waals surface area contributed by atoms with Gasteiger partial charge in [-0.2, -0.15) is 0 Å². The van der Waals surface area contributed by atoms with Gasteiger partial charge in [0, 0.05) is 29.8 Å². The summed E-state index contributed by atoms with van der Waals surface area (Å²) in [4.78, 5) is 29.1. The average molecular weight is 451 g/mol. The maximum atomic E-state index is 12.5. The van der Waals surface area contributed by atoms with E-state index in [0.29, 0.717) is 11.3 Å². The Labute approximate surface area is 189 Å². The minimum absolute atomic E-state index is 0.0870. The fourth-order valence-corrected chi connectivity index (χ4v) is 5.32. The standard InChI is InChI=1S/C24H22N2O3S2/c1-2-3-4-5-8-13-30-24-26-19-12-11-16(14-21(19)31-24)25-22(27)15-20-17-9-6-7-10-18(17)23(28)29-20/h6-7,9-12,14,20H,2-3,8,13,15H2,1H3,(H,25,27). The number of hydrogen-bond acceptors (Lipinski definition) is 6. The van der Waals surface area contributed by atoms with Gasteiger partial charge in [0.2, 0.25) is 5.91 Å². The molecule has 0 bridgehead atoms. The first-order chi connectivity index (χ1) is 15.1. The van der Waals surface area contributed by atoms with Gasteiger partial charge in [-0.3, -0.25) is 4.79 Å². The molecule has 158 valence electrons. The molecule has 0 radical (unpaired) electrons. The quantitative estimate of drug-likeness (QED) is 0.213. The van der Waals surface area contributed by atoms with Crippen LogP contribution in [0.5, 0.6) is 0 Å². The molecule has 0 saturated carbocycles. The summed E-state index contributed by atoms with van der Waals surface area (Å²) < 4.78 is 7.39. The van der Waals surface area contributed by atoms with Gasteiger partial charge >= 0.3 is 5.97 Å². The Bertz CT molecular complexity index is 1180. The molecule has 0 aliphatic carbocycles. The number of hydrogen-bond donors (Lipinski definition) is 1. The lowest BCUT2D eigenvalue weighted by molar-refractivity contribution is -0.118. The van der Waals surface area contributed by atoms with E-state index in [0.717, 1.165) is 45.1 Å². The van der Waals surface area contributed by atoms with Crippen LogP contribution in [0.4, 0.5) is 5.69 Å². The van der Waals surface area contributed by atoms with Crippen molar-refractivity contribution >= 4 is 50.9 Å². The Morgan fingerprint density at radius 1 is 1.23 bits per heavy atom. The second-order valence-electron chi connectivity index (χ2n) is 7.10. The van der Waals surface area contributed by atoms with E-state index in [2.05, 4.69) is 29.1 Å². The largest absolute Gasteiger partial charge is 0.453 e. The number of cyclic esters (lactones) is 1. The molecule has 2 aromatic carbocycles. The molecule has 1 amide bonds. The predicted molar refractivity (Wildman–Crippen MR) is 125 cm³/mol. The molecule has 7 heteroatoms. The van der Waals surface area contributed by atoms with Crippen LogP contribution in [0.2, 0.25) is 0 Å². The topological polar surface area (TPSA) is 68.3 Å². The van der Waals surface area contributed by atoms with Crippen LogP contribution in [0.3, 0.4) is 0 Å². The molecule has 0 fully saturated rings. The van der Waals surface area contributed by atoms with E-state index in [1.54, 1.807) is 35.2 Å². The lowest BCUT2D eigenvalue weighted by Gasteiger charge is -2.11. The molecular formula is C24H22N2O3S2. The van der Waals surface area contributed by atoms with Gasteiger partial charge in [-0.05, 0) is 30.7 Å². The SMILES string of the molecule is CCCC#CCCSc1nc2ccc(NC(=O)CC3OC(=O)c4ccccc43)cc2s1. The highest BCUT2D eigenvalue weighted by atomic mass is 32.2.